The monoisotopic (exact) mass is 274 g/mol. The highest BCUT2D eigenvalue weighted by Crippen LogP contribution is 2.43. The molecular formula is C15H14O5. The molecule has 0 aromatic heterocycles. The molecule has 1 aliphatic rings. The number of rotatable bonds is 3. The van der Waals surface area contributed by atoms with E-state index < -0.39 is 0 Å². The Morgan fingerprint density at radius 2 is 1.60 bits per heavy atom. The van der Waals surface area contributed by atoms with Gasteiger partial charge in [0.25, 0.3) is 0 Å². The molecular weight excluding hydrogens is 260 g/mol. The summed E-state index contributed by atoms with van der Waals surface area (Å²) in [5.41, 5.74) is 1.38. The Hall–Kier alpha value is -2.40. The third-order valence-electron chi connectivity index (χ3n) is 3.38. The summed E-state index contributed by atoms with van der Waals surface area (Å²) in [7, 11) is 0. The lowest BCUT2D eigenvalue weighted by molar-refractivity contribution is 0.365. The van der Waals surface area contributed by atoms with E-state index in [-0.39, 0.29) is 35.2 Å². The van der Waals surface area contributed by atoms with Crippen molar-refractivity contribution in [3.63, 3.8) is 0 Å². The molecule has 0 amide bonds. The van der Waals surface area contributed by atoms with E-state index in [1.807, 2.05) is 0 Å². The quantitative estimate of drug-likeness (QED) is 0.391. The summed E-state index contributed by atoms with van der Waals surface area (Å²) >= 11 is 0. The maximum absolute atomic E-state index is 9.74. The van der Waals surface area contributed by atoms with Crippen LogP contribution in [0.25, 0.3) is 0 Å². The van der Waals surface area contributed by atoms with E-state index in [0.717, 1.165) is 11.6 Å². The van der Waals surface area contributed by atoms with Gasteiger partial charge in [0.2, 0.25) is 0 Å². The van der Waals surface area contributed by atoms with Gasteiger partial charge >= 0.3 is 0 Å². The van der Waals surface area contributed by atoms with Gasteiger partial charge in [0, 0.05) is 18.1 Å². The molecule has 20 heavy (non-hydrogen) atoms. The molecule has 0 spiro atoms. The molecule has 5 nitrogen and oxygen atoms in total. The standard InChI is InChI=1S/C15H14O5/c16-10-3-1-8(2-4-10)15-13(20-15)6-9-5-11(17)7-12(18)14(9)19/h1-5,7,13,15-19H,6H2/t13-,15+/m0/s1. The maximum Gasteiger partial charge on any atom is 0.161 e. The largest absolute Gasteiger partial charge is 0.508 e. The number of phenols is 4. The van der Waals surface area contributed by atoms with E-state index in [1.54, 1.807) is 24.3 Å². The zero-order valence-corrected chi connectivity index (χ0v) is 10.5. The van der Waals surface area contributed by atoms with E-state index in [2.05, 4.69) is 0 Å². The minimum absolute atomic E-state index is 0.0977. The molecule has 1 saturated heterocycles. The Bertz CT molecular complexity index is 635. The number of epoxide rings is 1. The fourth-order valence-corrected chi connectivity index (χ4v) is 2.29. The van der Waals surface area contributed by atoms with E-state index >= 15 is 0 Å². The van der Waals surface area contributed by atoms with Crippen LogP contribution in [0.3, 0.4) is 0 Å². The zero-order chi connectivity index (χ0) is 14.3. The number of hydrogen-bond acceptors (Lipinski definition) is 5. The number of aromatic hydroxyl groups is 4. The summed E-state index contributed by atoms with van der Waals surface area (Å²) in [6.45, 7) is 0. The molecule has 2 aromatic rings. The van der Waals surface area contributed by atoms with Gasteiger partial charge in [-0.05, 0) is 23.8 Å². The summed E-state index contributed by atoms with van der Waals surface area (Å²) < 4.78 is 5.53. The van der Waals surface area contributed by atoms with Crippen molar-refractivity contribution in [2.24, 2.45) is 0 Å². The first-order valence-corrected chi connectivity index (χ1v) is 6.23. The average Bonchev–Trinajstić information content (AvgIpc) is 3.15. The van der Waals surface area contributed by atoms with Crippen LogP contribution in [-0.4, -0.2) is 26.5 Å². The molecule has 4 N–H and O–H groups in total. The van der Waals surface area contributed by atoms with E-state index in [4.69, 9.17) is 4.74 Å². The Balaban J connectivity index is 1.73. The van der Waals surface area contributed by atoms with Crippen molar-refractivity contribution in [2.75, 3.05) is 0 Å². The third-order valence-corrected chi connectivity index (χ3v) is 3.38. The summed E-state index contributed by atoms with van der Waals surface area (Å²) in [4.78, 5) is 0. The Labute approximate surface area is 115 Å². The summed E-state index contributed by atoms with van der Waals surface area (Å²) in [5.74, 6) is -0.483. The first-order chi connectivity index (χ1) is 9.54. The maximum atomic E-state index is 9.74. The topological polar surface area (TPSA) is 93.5 Å². The summed E-state index contributed by atoms with van der Waals surface area (Å²) in [5, 5.41) is 37.8. The van der Waals surface area contributed by atoms with E-state index in [9.17, 15) is 20.4 Å². The molecule has 0 aliphatic carbocycles. The number of benzene rings is 2. The first kappa shape index (κ1) is 12.6. The van der Waals surface area contributed by atoms with Gasteiger partial charge in [-0.2, -0.15) is 0 Å². The second-order valence-electron chi connectivity index (χ2n) is 4.86. The number of phenolic OH excluding ortho intramolecular Hbond substituents is 4. The smallest absolute Gasteiger partial charge is 0.161 e. The predicted molar refractivity (Wildman–Crippen MR) is 70.9 cm³/mol. The second-order valence-corrected chi connectivity index (χ2v) is 4.86. The van der Waals surface area contributed by atoms with Gasteiger partial charge in [0.15, 0.2) is 11.5 Å². The van der Waals surface area contributed by atoms with Crippen LogP contribution >= 0.6 is 0 Å². The Morgan fingerprint density at radius 1 is 0.900 bits per heavy atom. The van der Waals surface area contributed by atoms with Gasteiger partial charge in [0.05, 0.1) is 6.10 Å². The van der Waals surface area contributed by atoms with Crippen LogP contribution in [-0.2, 0) is 11.2 Å². The fourth-order valence-electron chi connectivity index (χ4n) is 2.29. The molecule has 5 heteroatoms. The van der Waals surface area contributed by atoms with Gasteiger partial charge in [-0.3, -0.25) is 0 Å². The number of hydrogen-bond donors (Lipinski definition) is 4. The van der Waals surface area contributed by atoms with Gasteiger partial charge in [-0.25, -0.2) is 0 Å². The molecule has 0 radical (unpaired) electrons. The van der Waals surface area contributed by atoms with Crippen LogP contribution in [0, 0.1) is 0 Å². The molecule has 2 aromatic carbocycles. The van der Waals surface area contributed by atoms with Crippen LogP contribution in [0.5, 0.6) is 23.0 Å². The lowest BCUT2D eigenvalue weighted by Crippen LogP contribution is -1.96. The Kier molecular flexibility index (Phi) is 2.91. The van der Waals surface area contributed by atoms with E-state index in [0.29, 0.717) is 12.0 Å². The van der Waals surface area contributed by atoms with Gasteiger partial charge in [-0.1, -0.05) is 12.1 Å². The summed E-state index contributed by atoms with van der Waals surface area (Å²) in [6.07, 6.45) is 0.172. The van der Waals surface area contributed by atoms with Gasteiger partial charge in [-0.15, -0.1) is 0 Å². The lowest BCUT2D eigenvalue weighted by Gasteiger charge is -2.05. The molecule has 0 bridgehead atoms. The Morgan fingerprint density at radius 3 is 2.30 bits per heavy atom. The van der Waals surface area contributed by atoms with Crippen LogP contribution < -0.4 is 0 Å². The average molecular weight is 274 g/mol. The highest BCUT2D eigenvalue weighted by molar-refractivity contribution is 5.50. The third kappa shape index (κ3) is 2.35. The fraction of sp³-hybridized carbons (Fsp3) is 0.200. The van der Waals surface area contributed by atoms with Crippen molar-refractivity contribution in [1.29, 1.82) is 0 Å². The van der Waals surface area contributed by atoms with Crippen LogP contribution in [0.1, 0.15) is 17.2 Å². The second kappa shape index (κ2) is 4.61. The molecule has 104 valence electrons. The molecule has 0 saturated carbocycles. The highest BCUT2D eigenvalue weighted by atomic mass is 16.6. The summed E-state index contributed by atoms with van der Waals surface area (Å²) in [6, 6.07) is 9.23. The van der Waals surface area contributed by atoms with Crippen LogP contribution in [0.4, 0.5) is 0 Å². The van der Waals surface area contributed by atoms with Crippen molar-refractivity contribution in [2.45, 2.75) is 18.6 Å². The van der Waals surface area contributed by atoms with Crippen LogP contribution in [0.2, 0.25) is 0 Å². The molecule has 1 fully saturated rings. The minimum Gasteiger partial charge on any atom is -0.508 e. The molecule has 3 rings (SSSR count). The molecule has 1 aliphatic heterocycles. The van der Waals surface area contributed by atoms with Gasteiger partial charge in [0.1, 0.15) is 17.6 Å². The zero-order valence-electron chi connectivity index (χ0n) is 10.5. The van der Waals surface area contributed by atoms with Crippen molar-refractivity contribution in [3.8, 4) is 23.0 Å². The normalized spacial score (nSPS) is 20.8. The lowest BCUT2D eigenvalue weighted by atomic mass is 10.0. The number of ether oxygens (including phenoxy) is 1. The highest BCUT2D eigenvalue weighted by Gasteiger charge is 2.40. The first-order valence-electron chi connectivity index (χ1n) is 6.23. The van der Waals surface area contributed by atoms with Crippen molar-refractivity contribution in [3.05, 3.63) is 47.5 Å². The molecule has 2 atom stereocenters. The SMILES string of the molecule is Oc1ccc([C@H]2O[C@H]2Cc2cc(O)cc(O)c2O)cc1. The van der Waals surface area contributed by atoms with Crippen molar-refractivity contribution < 1.29 is 25.2 Å². The van der Waals surface area contributed by atoms with E-state index in [1.165, 1.54) is 6.07 Å². The minimum atomic E-state index is -0.346. The molecule has 0 unspecified atom stereocenters. The molecule has 1 heterocycles. The van der Waals surface area contributed by atoms with Gasteiger partial charge < -0.3 is 25.2 Å². The van der Waals surface area contributed by atoms with Crippen molar-refractivity contribution in [1.82, 2.24) is 0 Å². The predicted octanol–water partition coefficient (Wildman–Crippen LogP) is 2.19. The van der Waals surface area contributed by atoms with Crippen molar-refractivity contribution >= 4 is 0 Å². The van der Waals surface area contributed by atoms with Crippen LogP contribution in [0.15, 0.2) is 36.4 Å².